The van der Waals surface area contributed by atoms with Crippen LogP contribution in [0.3, 0.4) is 0 Å². The van der Waals surface area contributed by atoms with Gasteiger partial charge in [0.25, 0.3) is 0 Å². The van der Waals surface area contributed by atoms with Crippen LogP contribution in [0.25, 0.3) is 11.4 Å². The first kappa shape index (κ1) is 21.1. The number of hydrogen-bond donors (Lipinski definition) is 1. The summed E-state index contributed by atoms with van der Waals surface area (Å²) < 4.78 is 10.6. The average Bonchev–Trinajstić information content (AvgIpc) is 3.25. The van der Waals surface area contributed by atoms with Gasteiger partial charge in [-0.1, -0.05) is 11.2 Å². The number of carbonyl (C=O) groups is 1. The molecule has 1 amide bonds. The second kappa shape index (κ2) is 9.31. The van der Waals surface area contributed by atoms with Crippen LogP contribution in [0.4, 0.5) is 5.69 Å². The number of likely N-dealkylation sites (tertiary alicyclic amines) is 1. The van der Waals surface area contributed by atoms with Crippen molar-refractivity contribution in [2.75, 3.05) is 25.5 Å². The summed E-state index contributed by atoms with van der Waals surface area (Å²) in [5.41, 5.74) is 4.16. The van der Waals surface area contributed by atoms with Crippen LogP contribution in [0.2, 0.25) is 0 Å². The van der Waals surface area contributed by atoms with Crippen molar-refractivity contribution >= 4 is 11.6 Å². The van der Waals surface area contributed by atoms with Crippen molar-refractivity contribution in [3.05, 3.63) is 59.5 Å². The number of aryl methyl sites for hydroxylation is 2. The van der Waals surface area contributed by atoms with Crippen molar-refractivity contribution in [3.8, 4) is 17.1 Å². The molecule has 1 N–H and O–H groups in total. The molecule has 7 heteroatoms. The van der Waals surface area contributed by atoms with Gasteiger partial charge in [0.2, 0.25) is 17.6 Å². The normalized spacial score (nSPS) is 15.1. The highest BCUT2D eigenvalue weighted by Crippen LogP contribution is 2.23. The minimum absolute atomic E-state index is 0.0235. The fourth-order valence-corrected chi connectivity index (χ4v) is 3.78. The summed E-state index contributed by atoms with van der Waals surface area (Å²) in [7, 11) is 1.64. The maximum atomic E-state index is 12.7. The monoisotopic (exact) mass is 420 g/mol. The van der Waals surface area contributed by atoms with Crippen molar-refractivity contribution in [2.45, 2.75) is 33.2 Å². The van der Waals surface area contributed by atoms with Crippen molar-refractivity contribution in [1.82, 2.24) is 15.0 Å². The third kappa shape index (κ3) is 5.11. The molecule has 0 atom stereocenters. The first-order valence-corrected chi connectivity index (χ1v) is 10.6. The highest BCUT2D eigenvalue weighted by atomic mass is 16.5. The van der Waals surface area contributed by atoms with Gasteiger partial charge in [0, 0.05) is 17.2 Å². The summed E-state index contributed by atoms with van der Waals surface area (Å²) in [5.74, 6) is 2.07. The first-order chi connectivity index (χ1) is 15.0. The highest BCUT2D eigenvalue weighted by molar-refractivity contribution is 5.92. The molecule has 1 aliphatic rings. The lowest BCUT2D eigenvalue weighted by molar-refractivity contribution is -0.121. The number of piperidine rings is 1. The molecule has 31 heavy (non-hydrogen) atoms. The van der Waals surface area contributed by atoms with Gasteiger partial charge in [-0.15, -0.1) is 0 Å². The minimum atomic E-state index is 0.0235. The number of carbonyl (C=O) groups excluding carboxylic acids is 1. The van der Waals surface area contributed by atoms with Crippen LogP contribution in [-0.2, 0) is 11.3 Å². The highest BCUT2D eigenvalue weighted by Gasteiger charge is 2.26. The second-order valence-corrected chi connectivity index (χ2v) is 8.08. The SMILES string of the molecule is COc1ccc(-c2noc(CN3CCC(C(=O)Nc4ccc(C)c(C)c4)CC3)n2)cc1. The average molecular weight is 421 g/mol. The van der Waals surface area contributed by atoms with Gasteiger partial charge in [0.15, 0.2) is 0 Å². The Bertz CT molecular complexity index is 1040. The maximum absolute atomic E-state index is 12.7. The van der Waals surface area contributed by atoms with E-state index in [9.17, 15) is 4.79 Å². The molecule has 2 aromatic carbocycles. The molecule has 1 saturated heterocycles. The van der Waals surface area contributed by atoms with Crippen molar-refractivity contribution in [2.24, 2.45) is 5.92 Å². The van der Waals surface area contributed by atoms with E-state index in [1.54, 1.807) is 7.11 Å². The Balaban J connectivity index is 1.28. The van der Waals surface area contributed by atoms with Gasteiger partial charge >= 0.3 is 0 Å². The van der Waals surface area contributed by atoms with Gasteiger partial charge in [-0.3, -0.25) is 9.69 Å². The minimum Gasteiger partial charge on any atom is -0.497 e. The number of aromatic nitrogens is 2. The summed E-state index contributed by atoms with van der Waals surface area (Å²) in [6.07, 6.45) is 1.63. The lowest BCUT2D eigenvalue weighted by Crippen LogP contribution is -2.37. The molecule has 7 nitrogen and oxygen atoms in total. The molecule has 0 radical (unpaired) electrons. The predicted molar refractivity (Wildman–Crippen MR) is 119 cm³/mol. The summed E-state index contributed by atoms with van der Waals surface area (Å²) in [6.45, 7) is 6.37. The molecular formula is C24H28N4O3. The molecule has 1 aliphatic heterocycles. The quantitative estimate of drug-likeness (QED) is 0.643. The third-order valence-corrected chi connectivity index (χ3v) is 5.91. The number of nitrogens with zero attached hydrogens (tertiary/aromatic N) is 3. The van der Waals surface area contributed by atoms with E-state index in [0.717, 1.165) is 42.9 Å². The number of rotatable bonds is 6. The Hall–Kier alpha value is -3.19. The van der Waals surface area contributed by atoms with Gasteiger partial charge in [-0.25, -0.2) is 0 Å². The second-order valence-electron chi connectivity index (χ2n) is 8.08. The van der Waals surface area contributed by atoms with E-state index < -0.39 is 0 Å². The van der Waals surface area contributed by atoms with E-state index in [0.29, 0.717) is 18.3 Å². The molecule has 1 fully saturated rings. The number of methoxy groups -OCH3 is 1. The van der Waals surface area contributed by atoms with Gasteiger partial charge in [0.1, 0.15) is 5.75 Å². The number of ether oxygens (including phenoxy) is 1. The molecule has 0 unspecified atom stereocenters. The predicted octanol–water partition coefficient (Wildman–Crippen LogP) is 4.21. The molecule has 1 aromatic heterocycles. The standard InChI is InChI=1S/C24H28N4O3/c1-16-4-7-20(14-17(16)2)25-24(29)19-10-12-28(13-11-19)15-22-26-23(27-31-22)18-5-8-21(30-3)9-6-18/h4-9,14,19H,10-13,15H2,1-3H3,(H,25,29). The number of amides is 1. The van der Waals surface area contributed by atoms with Crippen molar-refractivity contribution in [3.63, 3.8) is 0 Å². The Kier molecular flexibility index (Phi) is 6.32. The molecule has 3 aromatic rings. The molecule has 162 valence electrons. The van der Waals surface area contributed by atoms with E-state index >= 15 is 0 Å². The van der Waals surface area contributed by atoms with Crippen molar-refractivity contribution < 1.29 is 14.1 Å². The zero-order valence-electron chi connectivity index (χ0n) is 18.2. The van der Waals surface area contributed by atoms with Crippen molar-refractivity contribution in [1.29, 1.82) is 0 Å². The van der Waals surface area contributed by atoms with Crippen LogP contribution >= 0.6 is 0 Å². The molecule has 0 aliphatic carbocycles. The molecule has 0 spiro atoms. The Morgan fingerprint density at radius 1 is 1.13 bits per heavy atom. The Morgan fingerprint density at radius 3 is 2.55 bits per heavy atom. The van der Waals surface area contributed by atoms with E-state index in [1.807, 2.05) is 42.5 Å². The molecular weight excluding hydrogens is 392 g/mol. The summed E-state index contributed by atoms with van der Waals surface area (Å²) in [5, 5.41) is 7.16. The summed E-state index contributed by atoms with van der Waals surface area (Å²) >= 11 is 0. The zero-order valence-corrected chi connectivity index (χ0v) is 18.2. The van der Waals surface area contributed by atoms with Crippen LogP contribution < -0.4 is 10.1 Å². The Labute approximate surface area is 182 Å². The van der Waals surface area contributed by atoms with Gasteiger partial charge < -0.3 is 14.6 Å². The van der Waals surface area contributed by atoms with Gasteiger partial charge in [0.05, 0.1) is 13.7 Å². The van der Waals surface area contributed by atoms with Gasteiger partial charge in [-0.2, -0.15) is 4.98 Å². The maximum Gasteiger partial charge on any atom is 0.241 e. The topological polar surface area (TPSA) is 80.5 Å². The molecule has 2 heterocycles. The molecule has 4 rings (SSSR count). The fourth-order valence-electron chi connectivity index (χ4n) is 3.78. The fraction of sp³-hybridized carbons (Fsp3) is 0.375. The van der Waals surface area contributed by atoms with Crippen LogP contribution in [0, 0.1) is 19.8 Å². The Morgan fingerprint density at radius 2 is 1.87 bits per heavy atom. The van der Waals surface area contributed by atoms with Crippen LogP contribution in [-0.4, -0.2) is 41.1 Å². The zero-order chi connectivity index (χ0) is 21.8. The lowest BCUT2D eigenvalue weighted by Gasteiger charge is -2.30. The van der Waals surface area contributed by atoms with E-state index in [4.69, 9.17) is 9.26 Å². The molecule has 0 bridgehead atoms. The molecule has 0 saturated carbocycles. The summed E-state index contributed by atoms with van der Waals surface area (Å²) in [4.78, 5) is 19.4. The lowest BCUT2D eigenvalue weighted by atomic mass is 9.95. The third-order valence-electron chi connectivity index (χ3n) is 5.91. The first-order valence-electron chi connectivity index (χ1n) is 10.6. The number of nitrogens with one attached hydrogen (secondary N) is 1. The number of hydrogen-bond acceptors (Lipinski definition) is 6. The largest absolute Gasteiger partial charge is 0.497 e. The number of benzene rings is 2. The van der Waals surface area contributed by atoms with Gasteiger partial charge in [-0.05, 0) is 87.3 Å². The smallest absolute Gasteiger partial charge is 0.241 e. The van der Waals surface area contributed by atoms with Crippen LogP contribution in [0.15, 0.2) is 47.0 Å². The van der Waals surface area contributed by atoms with Crippen LogP contribution in [0.5, 0.6) is 5.75 Å². The van der Waals surface area contributed by atoms with E-state index in [2.05, 4.69) is 34.2 Å². The van der Waals surface area contributed by atoms with Crippen LogP contribution in [0.1, 0.15) is 29.9 Å². The van der Waals surface area contributed by atoms with E-state index in [1.165, 1.54) is 11.1 Å². The van der Waals surface area contributed by atoms with E-state index in [-0.39, 0.29) is 11.8 Å². The summed E-state index contributed by atoms with van der Waals surface area (Å²) in [6, 6.07) is 13.6. The number of anilines is 1.